The zero-order valence-corrected chi connectivity index (χ0v) is 18.5. The lowest BCUT2D eigenvalue weighted by molar-refractivity contribution is -0.142. The second-order valence-electron chi connectivity index (χ2n) is 7.86. The van der Waals surface area contributed by atoms with Crippen molar-refractivity contribution in [1.82, 2.24) is 15.6 Å². The number of rotatable bonds is 11. The Morgan fingerprint density at radius 3 is 2.45 bits per heavy atom. The van der Waals surface area contributed by atoms with Crippen molar-refractivity contribution in [2.75, 3.05) is 0 Å². The Morgan fingerprint density at radius 2 is 1.73 bits per heavy atom. The summed E-state index contributed by atoms with van der Waals surface area (Å²) >= 11 is 0. The fraction of sp³-hybridized carbons (Fsp3) is 0.320. The molecule has 8 nitrogen and oxygen atoms in total. The molecule has 33 heavy (non-hydrogen) atoms. The Balaban J connectivity index is 1.63. The normalized spacial score (nSPS) is 12.6. The number of nitrogens with one attached hydrogen (secondary N) is 3. The van der Waals surface area contributed by atoms with Crippen LogP contribution in [0.2, 0.25) is 0 Å². The maximum absolute atomic E-state index is 12.9. The van der Waals surface area contributed by atoms with Crippen molar-refractivity contribution in [3.63, 3.8) is 0 Å². The van der Waals surface area contributed by atoms with Gasteiger partial charge in [0.2, 0.25) is 5.91 Å². The molecule has 8 heteroatoms. The fourth-order valence-corrected chi connectivity index (χ4v) is 3.58. The number of aliphatic carboxylic acids is 1. The summed E-state index contributed by atoms with van der Waals surface area (Å²) in [6.07, 6.45) is 3.03. The van der Waals surface area contributed by atoms with Gasteiger partial charge in [0.05, 0.1) is 0 Å². The van der Waals surface area contributed by atoms with Gasteiger partial charge < -0.3 is 25.5 Å². The first kappa shape index (κ1) is 23.8. The van der Waals surface area contributed by atoms with Gasteiger partial charge in [-0.1, -0.05) is 68.3 Å². The van der Waals surface area contributed by atoms with E-state index in [0.717, 1.165) is 28.5 Å². The van der Waals surface area contributed by atoms with E-state index in [1.165, 1.54) is 0 Å². The molecular formula is C25H29N3O5. The third-order valence-electron chi connectivity index (χ3n) is 5.38. The van der Waals surface area contributed by atoms with Crippen molar-refractivity contribution in [2.45, 2.75) is 51.3 Å². The molecule has 0 aliphatic rings. The van der Waals surface area contributed by atoms with E-state index < -0.39 is 30.1 Å². The maximum atomic E-state index is 12.9. The van der Waals surface area contributed by atoms with Crippen LogP contribution in [0.25, 0.3) is 10.9 Å². The summed E-state index contributed by atoms with van der Waals surface area (Å²) < 4.78 is 5.22. The predicted molar refractivity (Wildman–Crippen MR) is 125 cm³/mol. The van der Waals surface area contributed by atoms with Crippen LogP contribution < -0.4 is 10.6 Å². The molecular weight excluding hydrogens is 422 g/mol. The Morgan fingerprint density at radius 1 is 1.00 bits per heavy atom. The van der Waals surface area contributed by atoms with E-state index in [1.54, 1.807) is 6.20 Å². The fourth-order valence-electron chi connectivity index (χ4n) is 3.58. The monoisotopic (exact) mass is 451 g/mol. The van der Waals surface area contributed by atoms with Crippen molar-refractivity contribution < 1.29 is 24.2 Å². The van der Waals surface area contributed by atoms with Crippen LogP contribution in [0, 0.1) is 0 Å². The number of aromatic amines is 1. The first-order valence-electron chi connectivity index (χ1n) is 11.0. The second kappa shape index (κ2) is 11.7. The van der Waals surface area contributed by atoms with Gasteiger partial charge in [-0.2, -0.15) is 0 Å². The van der Waals surface area contributed by atoms with Gasteiger partial charge in [-0.05, 0) is 23.6 Å². The predicted octanol–water partition coefficient (Wildman–Crippen LogP) is 3.77. The van der Waals surface area contributed by atoms with Crippen molar-refractivity contribution >= 4 is 28.9 Å². The van der Waals surface area contributed by atoms with Gasteiger partial charge >= 0.3 is 12.1 Å². The number of carbonyl (C=O) groups excluding carboxylic acids is 2. The number of carboxylic acid groups (broad SMARTS) is 1. The Labute approximate surface area is 192 Å². The Hall–Kier alpha value is -3.81. The number of ether oxygens (including phenoxy) is 1. The minimum atomic E-state index is -1.14. The number of amides is 2. The van der Waals surface area contributed by atoms with Crippen LogP contribution in [-0.4, -0.2) is 40.1 Å². The number of carbonyl (C=O) groups is 3. The summed E-state index contributed by atoms with van der Waals surface area (Å²) in [7, 11) is 0. The first-order chi connectivity index (χ1) is 16.0. The van der Waals surface area contributed by atoms with Crippen LogP contribution in [0.1, 0.15) is 37.3 Å². The number of hydrogen-bond donors (Lipinski definition) is 4. The SMILES string of the molecule is CCCCC(NC(=O)OCc1ccccc1)C(=O)NC(Cc1c[nH]c2ccccc12)C(=O)O. The van der Waals surface area contributed by atoms with E-state index in [2.05, 4.69) is 15.6 Å². The van der Waals surface area contributed by atoms with Gasteiger partial charge in [0.25, 0.3) is 0 Å². The number of carboxylic acids is 1. The van der Waals surface area contributed by atoms with Crippen LogP contribution in [0.4, 0.5) is 4.79 Å². The maximum Gasteiger partial charge on any atom is 0.408 e. The number of H-pyrrole nitrogens is 1. The van der Waals surface area contributed by atoms with Crippen LogP contribution in [0.5, 0.6) is 0 Å². The van der Waals surface area contributed by atoms with Crippen molar-refractivity contribution in [3.8, 4) is 0 Å². The van der Waals surface area contributed by atoms with E-state index in [1.807, 2.05) is 61.5 Å². The van der Waals surface area contributed by atoms with E-state index >= 15 is 0 Å². The molecule has 2 unspecified atom stereocenters. The van der Waals surface area contributed by atoms with E-state index in [4.69, 9.17) is 4.74 Å². The van der Waals surface area contributed by atoms with Crippen LogP contribution in [0.3, 0.4) is 0 Å². The molecule has 0 fully saturated rings. The average Bonchev–Trinajstić information content (AvgIpc) is 3.23. The number of benzene rings is 2. The van der Waals surface area contributed by atoms with Gasteiger partial charge in [-0.3, -0.25) is 4.79 Å². The summed E-state index contributed by atoms with van der Waals surface area (Å²) in [5, 5.41) is 15.8. The molecule has 0 radical (unpaired) electrons. The van der Waals surface area contributed by atoms with Gasteiger partial charge in [-0.15, -0.1) is 0 Å². The lowest BCUT2D eigenvalue weighted by atomic mass is 10.0. The smallest absolute Gasteiger partial charge is 0.408 e. The minimum Gasteiger partial charge on any atom is -0.480 e. The van der Waals surface area contributed by atoms with Crippen molar-refractivity contribution in [1.29, 1.82) is 0 Å². The summed E-state index contributed by atoms with van der Waals surface area (Å²) in [6, 6.07) is 14.7. The molecule has 174 valence electrons. The van der Waals surface area contributed by atoms with E-state index in [0.29, 0.717) is 12.8 Å². The molecule has 1 aromatic heterocycles. The zero-order chi connectivity index (χ0) is 23.6. The van der Waals surface area contributed by atoms with Gasteiger partial charge in [0.15, 0.2) is 0 Å². The molecule has 0 bridgehead atoms. The topological polar surface area (TPSA) is 121 Å². The highest BCUT2D eigenvalue weighted by Gasteiger charge is 2.27. The number of para-hydroxylation sites is 1. The summed E-state index contributed by atoms with van der Waals surface area (Å²) in [6.45, 7) is 2.05. The lowest BCUT2D eigenvalue weighted by Gasteiger charge is -2.21. The molecule has 2 amide bonds. The molecule has 1 heterocycles. The van der Waals surface area contributed by atoms with Crippen molar-refractivity contribution in [3.05, 3.63) is 71.9 Å². The van der Waals surface area contributed by atoms with E-state index in [-0.39, 0.29) is 13.0 Å². The highest BCUT2D eigenvalue weighted by molar-refractivity contribution is 5.90. The molecule has 0 saturated carbocycles. The largest absolute Gasteiger partial charge is 0.480 e. The first-order valence-corrected chi connectivity index (χ1v) is 11.0. The summed E-state index contributed by atoms with van der Waals surface area (Å²) in [5.41, 5.74) is 2.51. The molecule has 2 aromatic carbocycles. The van der Waals surface area contributed by atoms with Crippen LogP contribution in [-0.2, 0) is 27.4 Å². The number of fused-ring (bicyclic) bond motifs is 1. The summed E-state index contributed by atoms with van der Waals surface area (Å²) in [5.74, 6) is -1.69. The molecule has 3 rings (SSSR count). The van der Waals surface area contributed by atoms with Gasteiger partial charge in [0.1, 0.15) is 18.7 Å². The second-order valence-corrected chi connectivity index (χ2v) is 7.86. The molecule has 0 saturated heterocycles. The molecule has 4 N–H and O–H groups in total. The zero-order valence-electron chi connectivity index (χ0n) is 18.5. The quantitative estimate of drug-likeness (QED) is 0.354. The molecule has 0 aliphatic heterocycles. The highest BCUT2D eigenvalue weighted by Crippen LogP contribution is 2.19. The molecule has 2 atom stereocenters. The molecule has 0 spiro atoms. The van der Waals surface area contributed by atoms with Gasteiger partial charge in [0, 0.05) is 23.5 Å². The van der Waals surface area contributed by atoms with Crippen LogP contribution >= 0.6 is 0 Å². The van der Waals surface area contributed by atoms with Crippen molar-refractivity contribution in [2.24, 2.45) is 0 Å². The highest BCUT2D eigenvalue weighted by atomic mass is 16.5. The van der Waals surface area contributed by atoms with Crippen LogP contribution in [0.15, 0.2) is 60.8 Å². The molecule has 0 aliphatic carbocycles. The number of alkyl carbamates (subject to hydrolysis) is 1. The number of unbranched alkanes of at least 4 members (excludes halogenated alkanes) is 1. The van der Waals surface area contributed by atoms with Gasteiger partial charge in [-0.25, -0.2) is 9.59 Å². The number of aromatic nitrogens is 1. The average molecular weight is 452 g/mol. The Bertz CT molecular complexity index is 1080. The summed E-state index contributed by atoms with van der Waals surface area (Å²) in [4.78, 5) is 40.2. The third-order valence-corrected chi connectivity index (χ3v) is 5.38. The minimum absolute atomic E-state index is 0.0765. The van der Waals surface area contributed by atoms with E-state index in [9.17, 15) is 19.5 Å². The number of hydrogen-bond acceptors (Lipinski definition) is 4. The molecule has 3 aromatic rings. The standard InChI is InChI=1S/C25H29N3O5/c1-2-3-12-21(28-25(32)33-16-17-9-5-4-6-10-17)23(29)27-22(24(30)31)14-18-15-26-20-13-8-7-11-19(18)20/h4-11,13,15,21-22,26H,2-3,12,14,16H2,1H3,(H,27,29)(H,28,32)(H,30,31). The lowest BCUT2D eigenvalue weighted by Crippen LogP contribution is -2.52. The third kappa shape index (κ3) is 6.83. The Kier molecular flexibility index (Phi) is 8.46.